The third kappa shape index (κ3) is 5.26. The summed E-state index contributed by atoms with van der Waals surface area (Å²) in [5.41, 5.74) is 7.88. The van der Waals surface area contributed by atoms with E-state index >= 15 is 0 Å². The molecule has 0 radical (unpaired) electrons. The van der Waals surface area contributed by atoms with Gasteiger partial charge in [0.1, 0.15) is 0 Å². The van der Waals surface area contributed by atoms with Gasteiger partial charge in [0.05, 0.1) is 0 Å². The number of rotatable bonds is 10. The monoisotopic (exact) mass is 301 g/mol. The van der Waals surface area contributed by atoms with Crippen molar-refractivity contribution in [3.05, 3.63) is 35.7 Å². The molecule has 22 heavy (non-hydrogen) atoms. The van der Waals surface area contributed by atoms with Gasteiger partial charge in [0, 0.05) is 12.0 Å². The van der Waals surface area contributed by atoms with E-state index in [9.17, 15) is 0 Å². The van der Waals surface area contributed by atoms with Crippen LogP contribution in [0.5, 0.6) is 0 Å². The number of nitrogens with zero attached hydrogens (tertiary/aromatic N) is 2. The van der Waals surface area contributed by atoms with Crippen LogP contribution in [0.4, 0.5) is 0 Å². The average molecular weight is 301 g/mol. The first kappa shape index (κ1) is 16.7. The zero-order valence-corrected chi connectivity index (χ0v) is 13.6. The smallest absolute Gasteiger partial charge is 0.227 e. The van der Waals surface area contributed by atoms with Gasteiger partial charge in [-0.15, -0.1) is 0 Å². The number of benzene rings is 1. The lowest BCUT2D eigenvalue weighted by Crippen LogP contribution is -2.00. The van der Waals surface area contributed by atoms with Crippen molar-refractivity contribution in [2.75, 3.05) is 6.54 Å². The Labute approximate surface area is 133 Å². The molecule has 0 atom stereocenters. The SMILES string of the molecule is CCCCCCCc1ccc(-c2noc(CCCN)n2)cc1. The highest BCUT2D eigenvalue weighted by Crippen LogP contribution is 2.18. The first-order valence-electron chi connectivity index (χ1n) is 8.45. The van der Waals surface area contributed by atoms with Crippen LogP contribution in [0.25, 0.3) is 11.4 Å². The molecule has 1 aromatic carbocycles. The van der Waals surface area contributed by atoms with Crippen molar-refractivity contribution < 1.29 is 4.52 Å². The molecule has 120 valence electrons. The molecule has 0 aliphatic rings. The van der Waals surface area contributed by atoms with Crippen LogP contribution in [-0.4, -0.2) is 16.7 Å². The Morgan fingerprint density at radius 1 is 0.955 bits per heavy atom. The Kier molecular flexibility index (Phi) is 7.10. The van der Waals surface area contributed by atoms with Crippen LogP contribution in [0.2, 0.25) is 0 Å². The number of hydrogen-bond donors (Lipinski definition) is 1. The molecule has 0 unspecified atom stereocenters. The van der Waals surface area contributed by atoms with Gasteiger partial charge in [-0.05, 0) is 31.4 Å². The van der Waals surface area contributed by atoms with Crippen molar-refractivity contribution >= 4 is 0 Å². The molecular formula is C18H27N3O. The highest BCUT2D eigenvalue weighted by molar-refractivity contribution is 5.54. The topological polar surface area (TPSA) is 64.9 Å². The molecule has 0 spiro atoms. The van der Waals surface area contributed by atoms with Gasteiger partial charge in [0.25, 0.3) is 0 Å². The van der Waals surface area contributed by atoms with Gasteiger partial charge in [0.2, 0.25) is 11.7 Å². The molecule has 0 aliphatic heterocycles. The van der Waals surface area contributed by atoms with E-state index in [0.717, 1.165) is 24.8 Å². The van der Waals surface area contributed by atoms with E-state index in [1.807, 2.05) is 0 Å². The molecular weight excluding hydrogens is 274 g/mol. The predicted octanol–water partition coefficient (Wildman–Crippen LogP) is 4.14. The summed E-state index contributed by atoms with van der Waals surface area (Å²) < 4.78 is 5.24. The maximum absolute atomic E-state index is 5.49. The van der Waals surface area contributed by atoms with Crippen molar-refractivity contribution in [1.29, 1.82) is 0 Å². The van der Waals surface area contributed by atoms with Crippen LogP contribution >= 0.6 is 0 Å². The lowest BCUT2D eigenvalue weighted by molar-refractivity contribution is 0.376. The molecule has 4 nitrogen and oxygen atoms in total. The minimum Gasteiger partial charge on any atom is -0.339 e. The quantitative estimate of drug-likeness (QED) is 0.670. The molecule has 2 N–H and O–H groups in total. The molecule has 0 saturated carbocycles. The summed E-state index contributed by atoms with van der Waals surface area (Å²) in [6, 6.07) is 8.51. The van der Waals surface area contributed by atoms with Gasteiger partial charge in [-0.2, -0.15) is 4.98 Å². The van der Waals surface area contributed by atoms with Crippen molar-refractivity contribution in [2.45, 2.75) is 58.3 Å². The Morgan fingerprint density at radius 2 is 1.73 bits per heavy atom. The largest absolute Gasteiger partial charge is 0.339 e. The summed E-state index contributed by atoms with van der Waals surface area (Å²) in [5, 5.41) is 4.04. The second-order valence-electron chi connectivity index (χ2n) is 5.77. The molecule has 0 amide bonds. The minimum atomic E-state index is 0.644. The summed E-state index contributed by atoms with van der Waals surface area (Å²) in [7, 11) is 0. The van der Waals surface area contributed by atoms with E-state index in [-0.39, 0.29) is 0 Å². The minimum absolute atomic E-state index is 0.644. The number of hydrogen-bond acceptors (Lipinski definition) is 4. The Hall–Kier alpha value is -1.68. The predicted molar refractivity (Wildman–Crippen MR) is 89.6 cm³/mol. The zero-order valence-electron chi connectivity index (χ0n) is 13.6. The second-order valence-corrected chi connectivity index (χ2v) is 5.77. The van der Waals surface area contributed by atoms with Crippen LogP contribution in [-0.2, 0) is 12.8 Å². The molecule has 4 heteroatoms. The number of nitrogens with two attached hydrogens (primary N) is 1. The van der Waals surface area contributed by atoms with Gasteiger partial charge in [-0.3, -0.25) is 0 Å². The standard InChI is InChI=1S/C18H27N3O/c1-2-3-4-5-6-8-15-10-12-16(13-11-15)18-20-17(22-21-18)9-7-14-19/h10-13H,2-9,14,19H2,1H3. The molecule has 0 bridgehead atoms. The van der Waals surface area contributed by atoms with Crippen LogP contribution < -0.4 is 5.73 Å². The van der Waals surface area contributed by atoms with E-state index in [0.29, 0.717) is 18.3 Å². The van der Waals surface area contributed by atoms with E-state index in [1.54, 1.807) is 0 Å². The molecule has 0 fully saturated rings. The van der Waals surface area contributed by atoms with Gasteiger partial charge < -0.3 is 10.3 Å². The third-order valence-electron chi connectivity index (χ3n) is 3.84. The van der Waals surface area contributed by atoms with E-state index in [2.05, 4.69) is 41.3 Å². The van der Waals surface area contributed by atoms with E-state index < -0.39 is 0 Å². The van der Waals surface area contributed by atoms with Crippen LogP contribution in [0.3, 0.4) is 0 Å². The van der Waals surface area contributed by atoms with Gasteiger partial charge in [-0.25, -0.2) is 0 Å². The van der Waals surface area contributed by atoms with Gasteiger partial charge in [-0.1, -0.05) is 62.0 Å². The Bertz CT molecular complexity index is 534. The Morgan fingerprint density at radius 3 is 2.45 bits per heavy atom. The molecule has 1 aromatic heterocycles. The summed E-state index contributed by atoms with van der Waals surface area (Å²) >= 11 is 0. The molecule has 0 aliphatic carbocycles. The fraction of sp³-hybridized carbons (Fsp3) is 0.556. The summed E-state index contributed by atoms with van der Waals surface area (Å²) in [5.74, 6) is 1.34. The van der Waals surface area contributed by atoms with E-state index in [4.69, 9.17) is 10.3 Å². The molecule has 2 rings (SSSR count). The first-order chi connectivity index (χ1) is 10.8. The summed E-state index contributed by atoms with van der Waals surface area (Å²) in [4.78, 5) is 4.41. The summed E-state index contributed by atoms with van der Waals surface area (Å²) in [6.07, 6.45) is 9.37. The number of unbranched alkanes of at least 4 members (excludes halogenated alkanes) is 4. The third-order valence-corrected chi connectivity index (χ3v) is 3.84. The van der Waals surface area contributed by atoms with Gasteiger partial charge in [0.15, 0.2) is 0 Å². The second kappa shape index (κ2) is 9.36. The highest BCUT2D eigenvalue weighted by Gasteiger charge is 2.08. The maximum Gasteiger partial charge on any atom is 0.227 e. The normalized spacial score (nSPS) is 11.0. The van der Waals surface area contributed by atoms with E-state index in [1.165, 1.54) is 37.7 Å². The van der Waals surface area contributed by atoms with Gasteiger partial charge >= 0.3 is 0 Å². The van der Waals surface area contributed by atoms with Crippen LogP contribution in [0, 0.1) is 0 Å². The zero-order chi connectivity index (χ0) is 15.6. The lowest BCUT2D eigenvalue weighted by atomic mass is 10.0. The lowest BCUT2D eigenvalue weighted by Gasteiger charge is -2.02. The Balaban J connectivity index is 1.84. The van der Waals surface area contributed by atoms with Crippen molar-refractivity contribution in [2.24, 2.45) is 5.73 Å². The number of aryl methyl sites for hydroxylation is 2. The van der Waals surface area contributed by atoms with Crippen molar-refractivity contribution in [1.82, 2.24) is 10.1 Å². The first-order valence-corrected chi connectivity index (χ1v) is 8.45. The number of aromatic nitrogens is 2. The molecule has 1 heterocycles. The molecule has 2 aromatic rings. The average Bonchev–Trinajstić information content (AvgIpc) is 3.02. The summed E-state index contributed by atoms with van der Waals surface area (Å²) in [6.45, 7) is 2.89. The fourth-order valence-corrected chi connectivity index (χ4v) is 2.48. The van der Waals surface area contributed by atoms with Crippen LogP contribution in [0.15, 0.2) is 28.8 Å². The van der Waals surface area contributed by atoms with Crippen LogP contribution in [0.1, 0.15) is 56.9 Å². The maximum atomic E-state index is 5.49. The van der Waals surface area contributed by atoms with Crippen molar-refractivity contribution in [3.8, 4) is 11.4 Å². The highest BCUT2D eigenvalue weighted by atomic mass is 16.5. The fourth-order valence-electron chi connectivity index (χ4n) is 2.48. The van der Waals surface area contributed by atoms with Crippen molar-refractivity contribution in [3.63, 3.8) is 0 Å². The molecule has 0 saturated heterocycles.